The fourth-order valence-electron chi connectivity index (χ4n) is 10.5. The van der Waals surface area contributed by atoms with Gasteiger partial charge in [0.15, 0.2) is 0 Å². The number of allylic oxidation sites excluding steroid dienone is 2. The van der Waals surface area contributed by atoms with E-state index in [-0.39, 0.29) is 22.7 Å². The summed E-state index contributed by atoms with van der Waals surface area (Å²) in [5, 5.41) is 0. The molecule has 2 saturated heterocycles. The number of ketones is 1. The predicted octanol–water partition coefficient (Wildman–Crippen LogP) is 7.65. The molecule has 36 heavy (non-hydrogen) atoms. The number of rotatable bonds is 5. The fraction of sp³-hybridized carbons (Fsp3) is 0.875. The second-order valence-electron chi connectivity index (χ2n) is 14.6. The Kier molecular flexibility index (Phi) is 7.33. The van der Waals surface area contributed by atoms with Crippen LogP contribution in [0.25, 0.3) is 0 Å². The molecule has 204 valence electrons. The van der Waals surface area contributed by atoms with Crippen molar-refractivity contribution >= 4 is 19.0 Å². The minimum atomic E-state index is -1.68. The van der Waals surface area contributed by atoms with Crippen LogP contribution in [0.1, 0.15) is 105 Å². The molecule has 2 heterocycles. The third kappa shape index (κ3) is 4.17. The fourth-order valence-corrected chi connectivity index (χ4v) is 17.4. The van der Waals surface area contributed by atoms with Gasteiger partial charge in [-0.2, -0.15) is 0 Å². The van der Waals surface area contributed by atoms with Crippen molar-refractivity contribution in [1.29, 1.82) is 0 Å². The van der Waals surface area contributed by atoms with Crippen LogP contribution in [-0.2, 0) is 14.3 Å². The zero-order valence-corrected chi connectivity index (χ0v) is 25.0. The van der Waals surface area contributed by atoms with E-state index in [2.05, 4.69) is 47.4 Å². The number of esters is 1. The van der Waals surface area contributed by atoms with E-state index in [9.17, 15) is 9.59 Å². The number of hydrogen-bond acceptors (Lipinski definition) is 3. The van der Waals surface area contributed by atoms with Crippen LogP contribution in [0.5, 0.6) is 0 Å². The molecule has 2 saturated carbocycles. The van der Waals surface area contributed by atoms with Gasteiger partial charge in [-0.15, -0.1) is 0 Å². The van der Waals surface area contributed by atoms with Crippen molar-refractivity contribution in [2.45, 2.75) is 117 Å². The molecule has 4 fully saturated rings. The Bertz CT molecular complexity index is 907. The molecule has 0 aromatic rings. The molecule has 5 unspecified atom stereocenters. The molecule has 5 aliphatic rings. The number of hydrogen-bond donors (Lipinski definition) is 0. The molecule has 0 bridgehead atoms. The van der Waals surface area contributed by atoms with Crippen LogP contribution in [0, 0.1) is 40.4 Å². The molecule has 3 nitrogen and oxygen atoms in total. The van der Waals surface area contributed by atoms with Crippen LogP contribution >= 0.6 is 7.26 Å². The molecule has 0 aromatic heterocycles. The molecule has 8 atom stereocenters. The van der Waals surface area contributed by atoms with Gasteiger partial charge in [-0.05, 0) is 0 Å². The SMILES string of the molecule is CCC(CC)COC(=O)C1CC[C@]2(C)CCC3C(=CC(=O)C4[C@@]3(C)CCC3[C@@H](C)CCC[PH]34C)C2C1. The van der Waals surface area contributed by atoms with E-state index in [0.29, 0.717) is 35.8 Å². The Labute approximate surface area is 221 Å². The maximum atomic E-state index is 14.2. The number of fused-ring (bicyclic) bond motifs is 7. The van der Waals surface area contributed by atoms with Crippen molar-refractivity contribution in [1.82, 2.24) is 0 Å². The maximum absolute atomic E-state index is 14.2. The van der Waals surface area contributed by atoms with Gasteiger partial charge in [0.1, 0.15) is 0 Å². The molecular weight excluding hydrogens is 463 g/mol. The van der Waals surface area contributed by atoms with Gasteiger partial charge >= 0.3 is 208 Å². The molecule has 2 aliphatic heterocycles. The van der Waals surface area contributed by atoms with Crippen LogP contribution in [0.2, 0.25) is 0 Å². The average Bonchev–Trinajstić information content (AvgIpc) is 2.83. The summed E-state index contributed by atoms with van der Waals surface area (Å²) in [5.74, 6) is 2.70. The first kappa shape index (κ1) is 26.9. The van der Waals surface area contributed by atoms with E-state index < -0.39 is 7.26 Å². The molecule has 4 heteroatoms. The second-order valence-corrected chi connectivity index (χ2v) is 19.4. The summed E-state index contributed by atoms with van der Waals surface area (Å²) < 4.78 is 5.86. The van der Waals surface area contributed by atoms with E-state index in [4.69, 9.17) is 4.74 Å². The van der Waals surface area contributed by atoms with Crippen LogP contribution in [0.4, 0.5) is 0 Å². The summed E-state index contributed by atoms with van der Waals surface area (Å²) in [6.45, 7) is 15.0. The Morgan fingerprint density at radius 1 is 1.08 bits per heavy atom. The summed E-state index contributed by atoms with van der Waals surface area (Å²) >= 11 is 0. The van der Waals surface area contributed by atoms with Crippen molar-refractivity contribution in [3.8, 4) is 0 Å². The van der Waals surface area contributed by atoms with Gasteiger partial charge in [-0.1, -0.05) is 13.8 Å². The molecule has 0 aromatic carbocycles. The third-order valence-corrected chi connectivity index (χ3v) is 19.0. The van der Waals surface area contributed by atoms with Crippen molar-refractivity contribution in [3.05, 3.63) is 11.6 Å². The molecule has 3 aliphatic carbocycles. The molecule has 0 spiro atoms. The van der Waals surface area contributed by atoms with Crippen LogP contribution in [-0.4, -0.2) is 42.5 Å². The first-order chi connectivity index (χ1) is 17.1. The summed E-state index contributed by atoms with van der Waals surface area (Å²) in [4.78, 5) is 27.3. The Balaban J connectivity index is 1.41. The van der Waals surface area contributed by atoms with E-state index in [1.165, 1.54) is 50.3 Å². The first-order valence-electron chi connectivity index (χ1n) is 15.5. The minimum absolute atomic E-state index is 0.000424. The standard InChI is InChI=1S/C32H53O3P/c1-7-22(8-2)20-35-30(34)23-11-14-31(4)15-12-25-24(26(31)18-23)19-27(33)29-32(25,5)16-13-28-21(3)10-9-17-36(28,29)6/h19,21-23,25-26,28-29,36H,7-18,20H2,1-6H3/t21-,23?,25?,26?,28?,29?,31+,32-/m0/s1. The molecule has 5 rings (SSSR count). The van der Waals surface area contributed by atoms with Crippen molar-refractivity contribution < 1.29 is 14.3 Å². The van der Waals surface area contributed by atoms with E-state index >= 15 is 0 Å². The summed E-state index contributed by atoms with van der Waals surface area (Å²) in [5.41, 5.74) is 2.97. The van der Waals surface area contributed by atoms with Gasteiger partial charge in [-0.25, -0.2) is 0 Å². The quantitative estimate of drug-likeness (QED) is 0.278. The Morgan fingerprint density at radius 2 is 1.81 bits per heavy atom. The number of ether oxygens (including phenoxy) is 1. The van der Waals surface area contributed by atoms with Gasteiger partial charge in [0.05, 0.1) is 0 Å². The van der Waals surface area contributed by atoms with Crippen LogP contribution < -0.4 is 0 Å². The molecule has 0 radical (unpaired) electrons. The van der Waals surface area contributed by atoms with Gasteiger partial charge in [0, 0.05) is 0 Å². The van der Waals surface area contributed by atoms with Crippen LogP contribution in [0.3, 0.4) is 0 Å². The normalized spacial score (nSPS) is 44.4. The van der Waals surface area contributed by atoms with Gasteiger partial charge < -0.3 is 0 Å². The number of carbonyl (C=O) groups is 2. The van der Waals surface area contributed by atoms with E-state index in [1.807, 2.05) is 0 Å². The predicted molar refractivity (Wildman–Crippen MR) is 152 cm³/mol. The summed E-state index contributed by atoms with van der Waals surface area (Å²) in [7, 11) is -1.68. The van der Waals surface area contributed by atoms with E-state index in [0.717, 1.165) is 43.7 Å². The van der Waals surface area contributed by atoms with Crippen LogP contribution in [0.15, 0.2) is 11.6 Å². The first-order valence-corrected chi connectivity index (χ1v) is 18.4. The van der Waals surface area contributed by atoms with Gasteiger partial charge in [0.25, 0.3) is 0 Å². The Morgan fingerprint density at radius 3 is 2.53 bits per heavy atom. The zero-order valence-electron chi connectivity index (χ0n) is 24.0. The summed E-state index contributed by atoms with van der Waals surface area (Å²) in [6, 6.07) is 0. The average molecular weight is 517 g/mol. The Hall–Kier alpha value is -0.690. The number of carbonyl (C=O) groups excluding carboxylic acids is 2. The third-order valence-electron chi connectivity index (χ3n) is 12.8. The molecule has 0 amide bonds. The van der Waals surface area contributed by atoms with Crippen molar-refractivity contribution in [2.75, 3.05) is 19.4 Å². The zero-order chi connectivity index (χ0) is 25.9. The second kappa shape index (κ2) is 9.81. The van der Waals surface area contributed by atoms with Gasteiger partial charge in [-0.3, -0.25) is 0 Å². The van der Waals surface area contributed by atoms with Crippen molar-refractivity contribution in [2.24, 2.45) is 40.4 Å². The van der Waals surface area contributed by atoms with Crippen molar-refractivity contribution in [3.63, 3.8) is 0 Å². The topological polar surface area (TPSA) is 43.4 Å². The summed E-state index contributed by atoms with van der Waals surface area (Å²) in [6.07, 6.45) is 16.4. The van der Waals surface area contributed by atoms with Gasteiger partial charge in [0.2, 0.25) is 0 Å². The molecular formula is C32H53O3P. The van der Waals surface area contributed by atoms with E-state index in [1.54, 1.807) is 0 Å². The monoisotopic (exact) mass is 516 g/mol. The molecule has 0 N–H and O–H groups in total.